The van der Waals surface area contributed by atoms with Gasteiger partial charge in [0.25, 0.3) is 0 Å². The third kappa shape index (κ3) is 1.75. The van der Waals surface area contributed by atoms with Crippen molar-refractivity contribution in [3.05, 3.63) is 41.9 Å². The highest BCUT2D eigenvalue weighted by Crippen LogP contribution is 2.42. The SMILES string of the molecule is Cc1ccc2nc(C3CC3)n(C3=CC4C=NNC4C=C3)c2n1. The highest BCUT2D eigenvalue weighted by Gasteiger charge is 2.32. The molecule has 0 aromatic carbocycles. The summed E-state index contributed by atoms with van der Waals surface area (Å²) in [6.07, 6.45) is 11.1. The maximum Gasteiger partial charge on any atom is 0.164 e. The van der Waals surface area contributed by atoms with Crippen molar-refractivity contribution >= 4 is 23.1 Å². The minimum absolute atomic E-state index is 0.289. The van der Waals surface area contributed by atoms with Gasteiger partial charge in [-0.05, 0) is 44.1 Å². The number of fused-ring (bicyclic) bond motifs is 2. The van der Waals surface area contributed by atoms with Crippen LogP contribution >= 0.6 is 0 Å². The predicted octanol–water partition coefficient (Wildman–Crippen LogP) is 2.60. The van der Waals surface area contributed by atoms with Crippen molar-refractivity contribution in [3.8, 4) is 0 Å². The van der Waals surface area contributed by atoms with E-state index in [2.05, 4.69) is 39.4 Å². The minimum Gasteiger partial charge on any atom is -0.302 e. The van der Waals surface area contributed by atoms with E-state index in [4.69, 9.17) is 9.97 Å². The summed E-state index contributed by atoms with van der Waals surface area (Å²) >= 11 is 0. The van der Waals surface area contributed by atoms with E-state index in [1.165, 1.54) is 18.5 Å². The molecule has 1 fully saturated rings. The van der Waals surface area contributed by atoms with Crippen LogP contribution < -0.4 is 5.43 Å². The van der Waals surface area contributed by atoms with Crippen LogP contribution in [0.2, 0.25) is 0 Å². The zero-order valence-corrected chi connectivity index (χ0v) is 12.4. The Labute approximate surface area is 128 Å². The second-order valence-electron chi connectivity index (χ2n) is 6.34. The van der Waals surface area contributed by atoms with Crippen LogP contribution in [-0.2, 0) is 0 Å². The van der Waals surface area contributed by atoms with Gasteiger partial charge in [-0.1, -0.05) is 6.08 Å². The molecule has 1 saturated carbocycles. The fourth-order valence-electron chi connectivity index (χ4n) is 3.26. The molecule has 2 atom stereocenters. The number of hydrogen-bond acceptors (Lipinski definition) is 4. The molecule has 0 radical (unpaired) electrons. The van der Waals surface area contributed by atoms with E-state index >= 15 is 0 Å². The summed E-state index contributed by atoms with van der Waals surface area (Å²) in [6, 6.07) is 4.40. The molecule has 0 bridgehead atoms. The summed E-state index contributed by atoms with van der Waals surface area (Å²) in [5.74, 6) is 2.05. The molecule has 110 valence electrons. The molecule has 2 aliphatic carbocycles. The number of rotatable bonds is 2. The number of pyridine rings is 1. The quantitative estimate of drug-likeness (QED) is 0.925. The van der Waals surface area contributed by atoms with Crippen molar-refractivity contribution in [2.75, 3.05) is 0 Å². The standard InChI is InChI=1S/C17H17N5/c1-10-2-6-15-17(19-10)22(16(20-15)11-3-4-11)13-5-7-14-12(8-13)9-18-21-14/h2,5-9,11-12,14,21H,3-4H2,1H3. The summed E-state index contributed by atoms with van der Waals surface area (Å²) in [4.78, 5) is 9.60. The van der Waals surface area contributed by atoms with Crippen LogP contribution in [0, 0.1) is 12.8 Å². The molecular formula is C17H17N5. The molecule has 5 rings (SSSR count). The molecule has 3 heterocycles. The Hall–Kier alpha value is -2.43. The second kappa shape index (κ2) is 4.29. The van der Waals surface area contributed by atoms with Gasteiger partial charge in [-0.3, -0.25) is 4.57 Å². The lowest BCUT2D eigenvalue weighted by atomic mass is 9.96. The van der Waals surface area contributed by atoms with Gasteiger partial charge in [0.05, 0.1) is 6.04 Å². The van der Waals surface area contributed by atoms with Gasteiger partial charge < -0.3 is 5.43 Å². The third-order valence-corrected chi connectivity index (χ3v) is 4.59. The normalized spacial score (nSPS) is 26.1. The summed E-state index contributed by atoms with van der Waals surface area (Å²) in [5.41, 5.74) is 7.27. The van der Waals surface area contributed by atoms with Gasteiger partial charge in [-0.25, -0.2) is 9.97 Å². The molecule has 5 nitrogen and oxygen atoms in total. The van der Waals surface area contributed by atoms with E-state index in [-0.39, 0.29) is 6.04 Å². The van der Waals surface area contributed by atoms with E-state index in [9.17, 15) is 0 Å². The molecule has 0 spiro atoms. The summed E-state index contributed by atoms with van der Waals surface area (Å²) < 4.78 is 2.25. The Bertz CT molecular complexity index is 853. The predicted molar refractivity (Wildman–Crippen MR) is 86.6 cm³/mol. The first kappa shape index (κ1) is 12.1. The minimum atomic E-state index is 0.289. The highest BCUT2D eigenvalue weighted by molar-refractivity contribution is 5.81. The Morgan fingerprint density at radius 1 is 1.23 bits per heavy atom. The second-order valence-corrected chi connectivity index (χ2v) is 6.34. The number of aromatic nitrogens is 3. The maximum absolute atomic E-state index is 4.85. The zero-order chi connectivity index (χ0) is 14.7. The number of hydrogen-bond donors (Lipinski definition) is 1. The monoisotopic (exact) mass is 291 g/mol. The summed E-state index contributed by atoms with van der Waals surface area (Å²) in [7, 11) is 0. The molecule has 2 aromatic rings. The molecule has 1 aliphatic heterocycles. The molecule has 3 aliphatic rings. The number of nitrogens with zero attached hydrogens (tertiary/aromatic N) is 4. The third-order valence-electron chi connectivity index (χ3n) is 4.59. The van der Waals surface area contributed by atoms with Gasteiger partial charge in [0.1, 0.15) is 11.3 Å². The fraction of sp³-hybridized carbons (Fsp3) is 0.353. The average molecular weight is 291 g/mol. The number of aryl methyl sites for hydroxylation is 1. The Morgan fingerprint density at radius 3 is 3.00 bits per heavy atom. The first-order valence-corrected chi connectivity index (χ1v) is 7.85. The smallest absolute Gasteiger partial charge is 0.164 e. The van der Waals surface area contributed by atoms with Crippen molar-refractivity contribution in [2.45, 2.75) is 31.7 Å². The zero-order valence-electron chi connectivity index (χ0n) is 12.4. The van der Waals surface area contributed by atoms with E-state index in [0.717, 1.165) is 22.7 Å². The van der Waals surface area contributed by atoms with Gasteiger partial charge in [-0.2, -0.15) is 5.10 Å². The van der Waals surface area contributed by atoms with Crippen LogP contribution in [0.1, 0.15) is 30.3 Å². The largest absolute Gasteiger partial charge is 0.302 e. The summed E-state index contributed by atoms with van der Waals surface area (Å²) in [6.45, 7) is 2.03. The summed E-state index contributed by atoms with van der Waals surface area (Å²) in [5, 5.41) is 4.18. The molecule has 0 amide bonds. The lowest BCUT2D eigenvalue weighted by Crippen LogP contribution is -2.26. The van der Waals surface area contributed by atoms with Crippen molar-refractivity contribution in [1.82, 2.24) is 20.0 Å². The highest BCUT2D eigenvalue weighted by atomic mass is 15.3. The van der Waals surface area contributed by atoms with Crippen LogP contribution in [0.3, 0.4) is 0 Å². The van der Waals surface area contributed by atoms with E-state index < -0.39 is 0 Å². The van der Waals surface area contributed by atoms with Crippen LogP contribution in [0.4, 0.5) is 0 Å². The first-order chi connectivity index (χ1) is 10.8. The Balaban J connectivity index is 1.72. The van der Waals surface area contributed by atoms with Crippen LogP contribution in [0.25, 0.3) is 16.9 Å². The number of allylic oxidation sites excluding steroid dienone is 2. The van der Waals surface area contributed by atoms with Gasteiger partial charge in [0.15, 0.2) is 5.65 Å². The number of nitrogens with one attached hydrogen (secondary N) is 1. The molecule has 22 heavy (non-hydrogen) atoms. The van der Waals surface area contributed by atoms with Gasteiger partial charge in [0.2, 0.25) is 0 Å². The fourth-order valence-corrected chi connectivity index (χ4v) is 3.26. The lowest BCUT2D eigenvalue weighted by molar-refractivity contribution is 0.621. The molecular weight excluding hydrogens is 274 g/mol. The maximum atomic E-state index is 4.85. The van der Waals surface area contributed by atoms with E-state index in [1.807, 2.05) is 19.2 Å². The average Bonchev–Trinajstić information content (AvgIpc) is 3.14. The topological polar surface area (TPSA) is 55.1 Å². The van der Waals surface area contributed by atoms with Crippen molar-refractivity contribution in [1.29, 1.82) is 0 Å². The Kier molecular flexibility index (Phi) is 2.37. The van der Waals surface area contributed by atoms with Gasteiger partial charge >= 0.3 is 0 Å². The molecule has 1 N–H and O–H groups in total. The van der Waals surface area contributed by atoms with Gasteiger partial charge in [-0.15, -0.1) is 0 Å². The lowest BCUT2D eigenvalue weighted by Gasteiger charge is -2.19. The Morgan fingerprint density at radius 2 is 2.14 bits per heavy atom. The number of hydrazone groups is 1. The molecule has 2 aromatic heterocycles. The van der Waals surface area contributed by atoms with Gasteiger partial charge in [0, 0.05) is 29.4 Å². The van der Waals surface area contributed by atoms with E-state index in [0.29, 0.717) is 11.8 Å². The van der Waals surface area contributed by atoms with E-state index in [1.54, 1.807) is 0 Å². The molecule has 5 heteroatoms. The van der Waals surface area contributed by atoms with Crippen molar-refractivity contribution in [2.24, 2.45) is 11.0 Å². The van der Waals surface area contributed by atoms with Crippen LogP contribution in [0.5, 0.6) is 0 Å². The van der Waals surface area contributed by atoms with Crippen LogP contribution in [0.15, 0.2) is 35.5 Å². The van der Waals surface area contributed by atoms with Crippen molar-refractivity contribution in [3.63, 3.8) is 0 Å². The van der Waals surface area contributed by atoms with Crippen molar-refractivity contribution < 1.29 is 0 Å². The molecule has 2 unspecified atom stereocenters. The van der Waals surface area contributed by atoms with Crippen LogP contribution in [-0.4, -0.2) is 26.8 Å². The number of imidazole rings is 1. The first-order valence-electron chi connectivity index (χ1n) is 7.85. The molecule has 0 saturated heterocycles.